The van der Waals surface area contributed by atoms with Crippen LogP contribution < -0.4 is 5.73 Å². The Morgan fingerprint density at radius 1 is 1.35 bits per heavy atom. The van der Waals surface area contributed by atoms with Crippen LogP contribution in [0.15, 0.2) is 4.99 Å². The molecular formula is C13H25N3S. The SMILES string of the molecule is CC1CCCC(CN=C(N)N2CCSCC2)C1. The van der Waals surface area contributed by atoms with Crippen LogP contribution in [0.1, 0.15) is 32.6 Å². The number of aliphatic imine (C=N–C) groups is 1. The van der Waals surface area contributed by atoms with Gasteiger partial charge in [0.1, 0.15) is 0 Å². The van der Waals surface area contributed by atoms with Crippen molar-refractivity contribution in [2.75, 3.05) is 31.1 Å². The molecule has 2 N–H and O–H groups in total. The van der Waals surface area contributed by atoms with Crippen LogP contribution >= 0.6 is 11.8 Å². The lowest BCUT2D eigenvalue weighted by molar-refractivity contribution is 0.288. The van der Waals surface area contributed by atoms with Gasteiger partial charge in [0.25, 0.3) is 0 Å². The normalized spacial score (nSPS) is 31.6. The predicted octanol–water partition coefficient (Wildman–Crippen LogP) is 2.18. The van der Waals surface area contributed by atoms with Crippen molar-refractivity contribution in [2.45, 2.75) is 32.6 Å². The van der Waals surface area contributed by atoms with Gasteiger partial charge in [-0.2, -0.15) is 11.8 Å². The standard InChI is InChI=1S/C13H25N3S/c1-11-3-2-4-12(9-11)10-15-13(14)16-5-7-17-8-6-16/h11-12H,2-10H2,1H3,(H2,14,15). The minimum Gasteiger partial charge on any atom is -0.370 e. The number of hydrogen-bond acceptors (Lipinski definition) is 2. The van der Waals surface area contributed by atoms with E-state index < -0.39 is 0 Å². The van der Waals surface area contributed by atoms with Crippen molar-refractivity contribution in [2.24, 2.45) is 22.6 Å². The number of nitrogens with zero attached hydrogens (tertiary/aromatic N) is 2. The van der Waals surface area contributed by atoms with Gasteiger partial charge >= 0.3 is 0 Å². The third-order valence-corrected chi connectivity index (χ3v) is 4.83. The van der Waals surface area contributed by atoms with E-state index in [1.165, 1.54) is 37.2 Å². The number of nitrogens with two attached hydrogens (primary N) is 1. The maximum atomic E-state index is 6.07. The zero-order valence-corrected chi connectivity index (χ0v) is 11.7. The van der Waals surface area contributed by atoms with Crippen LogP contribution in [0.4, 0.5) is 0 Å². The van der Waals surface area contributed by atoms with Crippen LogP contribution in [0.3, 0.4) is 0 Å². The second-order valence-electron chi connectivity index (χ2n) is 5.44. The summed E-state index contributed by atoms with van der Waals surface area (Å²) in [7, 11) is 0. The van der Waals surface area contributed by atoms with Gasteiger partial charge in [0.2, 0.25) is 0 Å². The summed E-state index contributed by atoms with van der Waals surface area (Å²) < 4.78 is 0. The highest BCUT2D eigenvalue weighted by atomic mass is 32.2. The molecule has 4 heteroatoms. The maximum Gasteiger partial charge on any atom is 0.191 e. The average Bonchev–Trinajstić information content (AvgIpc) is 2.37. The van der Waals surface area contributed by atoms with E-state index in [1.807, 2.05) is 11.8 Å². The summed E-state index contributed by atoms with van der Waals surface area (Å²) in [6.45, 7) is 5.45. The number of rotatable bonds is 2. The second kappa shape index (κ2) is 6.53. The first-order valence-electron chi connectivity index (χ1n) is 6.88. The van der Waals surface area contributed by atoms with Crippen LogP contribution in [0.25, 0.3) is 0 Å². The molecule has 1 aliphatic heterocycles. The second-order valence-corrected chi connectivity index (χ2v) is 6.66. The highest BCUT2D eigenvalue weighted by Gasteiger charge is 2.19. The molecule has 2 unspecified atom stereocenters. The summed E-state index contributed by atoms with van der Waals surface area (Å²) >= 11 is 2.01. The molecule has 98 valence electrons. The molecule has 3 nitrogen and oxygen atoms in total. The fourth-order valence-corrected chi connectivity index (χ4v) is 3.74. The highest BCUT2D eigenvalue weighted by molar-refractivity contribution is 7.99. The Morgan fingerprint density at radius 2 is 2.12 bits per heavy atom. The Bertz CT molecular complexity index is 261. The van der Waals surface area contributed by atoms with E-state index in [-0.39, 0.29) is 0 Å². The van der Waals surface area contributed by atoms with Crippen molar-refractivity contribution in [3.8, 4) is 0 Å². The molecular weight excluding hydrogens is 230 g/mol. The smallest absolute Gasteiger partial charge is 0.191 e. The minimum absolute atomic E-state index is 0.775. The fourth-order valence-electron chi connectivity index (χ4n) is 2.84. The van der Waals surface area contributed by atoms with Crippen molar-refractivity contribution < 1.29 is 0 Å². The van der Waals surface area contributed by atoms with Gasteiger partial charge in [0.05, 0.1) is 0 Å². The van der Waals surface area contributed by atoms with Crippen LogP contribution in [0.5, 0.6) is 0 Å². The molecule has 1 saturated heterocycles. The Hall–Kier alpha value is -0.380. The van der Waals surface area contributed by atoms with Gasteiger partial charge in [0, 0.05) is 31.1 Å². The van der Waals surface area contributed by atoms with Crippen LogP contribution in [0, 0.1) is 11.8 Å². The Labute approximate surface area is 109 Å². The number of hydrogen-bond donors (Lipinski definition) is 1. The van der Waals surface area contributed by atoms with Crippen LogP contribution in [0.2, 0.25) is 0 Å². The summed E-state index contributed by atoms with van der Waals surface area (Å²) in [4.78, 5) is 6.86. The van der Waals surface area contributed by atoms with Gasteiger partial charge in [0.15, 0.2) is 5.96 Å². The summed E-state index contributed by atoms with van der Waals surface area (Å²) in [5, 5.41) is 0. The van der Waals surface area contributed by atoms with Gasteiger partial charge in [-0.1, -0.05) is 19.8 Å². The van der Waals surface area contributed by atoms with Gasteiger partial charge in [-0.25, -0.2) is 0 Å². The zero-order chi connectivity index (χ0) is 12.1. The lowest BCUT2D eigenvalue weighted by Gasteiger charge is -2.29. The molecule has 0 aromatic heterocycles. The highest BCUT2D eigenvalue weighted by Crippen LogP contribution is 2.28. The van der Waals surface area contributed by atoms with Crippen molar-refractivity contribution >= 4 is 17.7 Å². The summed E-state index contributed by atoms with van der Waals surface area (Å²) in [6, 6.07) is 0. The van der Waals surface area contributed by atoms with E-state index >= 15 is 0 Å². The monoisotopic (exact) mass is 255 g/mol. The van der Waals surface area contributed by atoms with Gasteiger partial charge in [-0.05, 0) is 24.7 Å². The quantitative estimate of drug-likeness (QED) is 0.607. The van der Waals surface area contributed by atoms with Crippen LogP contribution in [-0.4, -0.2) is 42.0 Å². The van der Waals surface area contributed by atoms with Crippen molar-refractivity contribution in [3.05, 3.63) is 0 Å². The molecule has 2 atom stereocenters. The molecule has 1 saturated carbocycles. The molecule has 0 bridgehead atoms. The third-order valence-electron chi connectivity index (χ3n) is 3.89. The van der Waals surface area contributed by atoms with Crippen molar-refractivity contribution in [3.63, 3.8) is 0 Å². The molecule has 2 fully saturated rings. The summed E-state index contributed by atoms with van der Waals surface area (Å²) in [5.74, 6) is 4.82. The maximum absolute atomic E-state index is 6.07. The Kier molecular flexibility index (Phi) is 5.01. The average molecular weight is 255 g/mol. The van der Waals surface area contributed by atoms with Crippen LogP contribution in [-0.2, 0) is 0 Å². The lowest BCUT2D eigenvalue weighted by Crippen LogP contribution is -2.43. The van der Waals surface area contributed by atoms with Gasteiger partial charge < -0.3 is 10.6 Å². The molecule has 0 radical (unpaired) electrons. The topological polar surface area (TPSA) is 41.6 Å². The lowest BCUT2D eigenvalue weighted by atomic mass is 9.82. The van der Waals surface area contributed by atoms with E-state index in [0.29, 0.717) is 0 Å². The predicted molar refractivity (Wildman–Crippen MR) is 76.5 cm³/mol. The van der Waals surface area contributed by atoms with Crippen molar-refractivity contribution in [1.82, 2.24) is 4.90 Å². The molecule has 0 aromatic carbocycles. The number of thioether (sulfide) groups is 1. The molecule has 0 amide bonds. The van der Waals surface area contributed by atoms with E-state index in [1.54, 1.807) is 0 Å². The first-order valence-corrected chi connectivity index (χ1v) is 8.04. The Balaban J connectivity index is 1.78. The third kappa shape index (κ3) is 4.09. The van der Waals surface area contributed by atoms with Crippen molar-refractivity contribution in [1.29, 1.82) is 0 Å². The first kappa shape index (κ1) is 13.1. The van der Waals surface area contributed by atoms with E-state index in [4.69, 9.17) is 5.73 Å². The van der Waals surface area contributed by atoms with E-state index in [0.717, 1.165) is 37.4 Å². The molecule has 1 heterocycles. The largest absolute Gasteiger partial charge is 0.370 e. The van der Waals surface area contributed by atoms with E-state index in [2.05, 4.69) is 16.8 Å². The summed E-state index contributed by atoms with van der Waals surface area (Å²) in [5.41, 5.74) is 6.07. The number of guanidine groups is 1. The van der Waals surface area contributed by atoms with Gasteiger partial charge in [-0.15, -0.1) is 0 Å². The molecule has 1 aliphatic carbocycles. The molecule has 2 aliphatic rings. The summed E-state index contributed by atoms with van der Waals surface area (Å²) in [6.07, 6.45) is 5.46. The first-order chi connectivity index (χ1) is 8.25. The van der Waals surface area contributed by atoms with E-state index in [9.17, 15) is 0 Å². The minimum atomic E-state index is 0.775. The molecule has 0 aromatic rings. The van der Waals surface area contributed by atoms with Gasteiger partial charge in [-0.3, -0.25) is 4.99 Å². The molecule has 17 heavy (non-hydrogen) atoms. The zero-order valence-electron chi connectivity index (χ0n) is 10.9. The Morgan fingerprint density at radius 3 is 2.82 bits per heavy atom. The fraction of sp³-hybridized carbons (Fsp3) is 0.923. The molecule has 0 spiro atoms. The molecule has 2 rings (SSSR count).